The van der Waals surface area contributed by atoms with E-state index in [0.717, 1.165) is 16.8 Å². The highest BCUT2D eigenvalue weighted by Crippen LogP contribution is 2.24. The third-order valence-corrected chi connectivity index (χ3v) is 2.14. The number of anilines is 1. The van der Waals surface area contributed by atoms with E-state index >= 15 is 0 Å². The Morgan fingerprint density at radius 3 is 2.83 bits per heavy atom. The molecule has 0 aliphatic rings. The predicted molar refractivity (Wildman–Crippen MR) is 49.5 cm³/mol. The molecule has 0 fully saturated rings. The Morgan fingerprint density at radius 2 is 2.33 bits per heavy atom. The van der Waals surface area contributed by atoms with Crippen molar-refractivity contribution >= 4 is 17.3 Å². The van der Waals surface area contributed by atoms with Gasteiger partial charge in [-0.1, -0.05) is 11.6 Å². The van der Waals surface area contributed by atoms with Gasteiger partial charge in [0.1, 0.15) is 5.15 Å². The van der Waals surface area contributed by atoms with Crippen molar-refractivity contribution in [2.24, 2.45) is 0 Å². The second-order valence-corrected chi connectivity index (χ2v) is 2.84. The number of rotatable bonds is 2. The Bertz CT molecular complexity index is 289. The summed E-state index contributed by atoms with van der Waals surface area (Å²) in [6.07, 6.45) is 1.57. The second kappa shape index (κ2) is 3.74. The molecule has 1 heterocycles. The van der Waals surface area contributed by atoms with Gasteiger partial charge in [0.15, 0.2) is 0 Å². The molecule has 0 aromatic carbocycles. The highest BCUT2D eigenvalue weighted by atomic mass is 35.5. The van der Waals surface area contributed by atoms with Gasteiger partial charge in [0.25, 0.3) is 0 Å². The van der Waals surface area contributed by atoms with E-state index in [2.05, 4.69) is 10.3 Å². The van der Waals surface area contributed by atoms with E-state index in [1.807, 2.05) is 6.92 Å². The van der Waals surface area contributed by atoms with Crippen LogP contribution in [0.5, 0.6) is 0 Å². The molecular weight excluding hydrogens is 176 g/mol. The molecule has 0 atom stereocenters. The van der Waals surface area contributed by atoms with Crippen LogP contribution in [0.15, 0.2) is 6.20 Å². The largest absolute Gasteiger partial charge is 0.392 e. The minimum atomic E-state index is -0.0266. The van der Waals surface area contributed by atoms with Crippen molar-refractivity contribution in [3.8, 4) is 0 Å². The maximum absolute atomic E-state index is 8.94. The summed E-state index contributed by atoms with van der Waals surface area (Å²) in [6.45, 7) is 1.83. The molecule has 1 aromatic rings. The lowest BCUT2D eigenvalue weighted by atomic mass is 10.1. The predicted octanol–water partition coefficient (Wildman–Crippen LogP) is 1.58. The number of hydrogen-bond acceptors (Lipinski definition) is 3. The van der Waals surface area contributed by atoms with E-state index in [1.54, 1.807) is 13.2 Å². The zero-order chi connectivity index (χ0) is 9.14. The Labute approximate surface area is 76.4 Å². The van der Waals surface area contributed by atoms with Crippen molar-refractivity contribution < 1.29 is 5.11 Å². The summed E-state index contributed by atoms with van der Waals surface area (Å²) in [6, 6.07) is 0. The third-order valence-electron chi connectivity index (χ3n) is 1.76. The van der Waals surface area contributed by atoms with Crippen LogP contribution in [0.2, 0.25) is 5.15 Å². The summed E-state index contributed by atoms with van der Waals surface area (Å²) in [5.41, 5.74) is 2.49. The van der Waals surface area contributed by atoms with Gasteiger partial charge in [-0.2, -0.15) is 0 Å². The van der Waals surface area contributed by atoms with Crippen LogP contribution in [0.25, 0.3) is 0 Å². The smallest absolute Gasteiger partial charge is 0.133 e. The molecule has 0 amide bonds. The fraction of sp³-hybridized carbons (Fsp3) is 0.375. The molecule has 4 heteroatoms. The van der Waals surface area contributed by atoms with Gasteiger partial charge >= 0.3 is 0 Å². The fourth-order valence-corrected chi connectivity index (χ4v) is 1.25. The van der Waals surface area contributed by atoms with Crippen molar-refractivity contribution in [2.45, 2.75) is 13.5 Å². The minimum Gasteiger partial charge on any atom is -0.392 e. The number of hydrogen-bond donors (Lipinski definition) is 2. The van der Waals surface area contributed by atoms with E-state index in [4.69, 9.17) is 16.7 Å². The molecule has 0 radical (unpaired) electrons. The van der Waals surface area contributed by atoms with Crippen LogP contribution >= 0.6 is 11.6 Å². The number of nitrogens with zero attached hydrogens (tertiary/aromatic N) is 1. The van der Waals surface area contributed by atoms with Crippen LogP contribution in [-0.4, -0.2) is 17.1 Å². The zero-order valence-electron chi connectivity index (χ0n) is 7.06. The average molecular weight is 187 g/mol. The molecule has 0 aliphatic carbocycles. The summed E-state index contributed by atoms with van der Waals surface area (Å²) in [4.78, 5) is 3.92. The van der Waals surface area contributed by atoms with Crippen LogP contribution in [-0.2, 0) is 6.61 Å². The van der Waals surface area contributed by atoms with Gasteiger partial charge in [0.05, 0.1) is 6.61 Å². The third kappa shape index (κ3) is 1.52. The zero-order valence-corrected chi connectivity index (χ0v) is 7.81. The maximum Gasteiger partial charge on any atom is 0.133 e. The summed E-state index contributed by atoms with van der Waals surface area (Å²) in [5.74, 6) is 0. The molecule has 1 aromatic heterocycles. The van der Waals surface area contributed by atoms with Gasteiger partial charge in [-0.05, 0) is 6.92 Å². The summed E-state index contributed by atoms with van der Waals surface area (Å²) in [7, 11) is 1.79. The van der Waals surface area contributed by atoms with Crippen LogP contribution in [0.1, 0.15) is 11.1 Å². The van der Waals surface area contributed by atoms with E-state index in [0.29, 0.717) is 5.15 Å². The molecular formula is C8H11ClN2O. The Morgan fingerprint density at radius 1 is 1.67 bits per heavy atom. The van der Waals surface area contributed by atoms with Gasteiger partial charge < -0.3 is 10.4 Å². The molecule has 0 unspecified atom stereocenters. The first-order chi connectivity index (χ1) is 5.70. The molecule has 3 nitrogen and oxygen atoms in total. The van der Waals surface area contributed by atoms with Gasteiger partial charge in [0, 0.05) is 30.1 Å². The van der Waals surface area contributed by atoms with Crippen LogP contribution < -0.4 is 5.32 Å². The standard InChI is InChI=1S/C8H11ClN2O/c1-5-7(10-2)6(4-12)3-11-8(5)9/h3,12H,4H2,1-2H3,(H,10,11). The van der Waals surface area contributed by atoms with Crippen molar-refractivity contribution in [2.75, 3.05) is 12.4 Å². The second-order valence-electron chi connectivity index (χ2n) is 2.48. The summed E-state index contributed by atoms with van der Waals surface area (Å²) in [5, 5.41) is 12.4. The Balaban J connectivity index is 3.25. The van der Waals surface area contributed by atoms with Gasteiger partial charge in [-0.3, -0.25) is 0 Å². The number of aliphatic hydroxyl groups is 1. The highest BCUT2D eigenvalue weighted by Gasteiger charge is 2.07. The first-order valence-corrected chi connectivity index (χ1v) is 4.01. The topological polar surface area (TPSA) is 45.1 Å². The SMILES string of the molecule is CNc1c(CO)cnc(Cl)c1C. The Hall–Kier alpha value is -0.800. The normalized spacial score (nSPS) is 10.0. The molecule has 66 valence electrons. The Kier molecular flexibility index (Phi) is 2.89. The number of pyridine rings is 1. The molecule has 0 aliphatic heterocycles. The van der Waals surface area contributed by atoms with Crippen molar-refractivity contribution in [3.63, 3.8) is 0 Å². The first kappa shape index (κ1) is 9.29. The minimum absolute atomic E-state index is 0.0266. The number of nitrogens with one attached hydrogen (secondary N) is 1. The van der Waals surface area contributed by atoms with E-state index in [9.17, 15) is 0 Å². The maximum atomic E-state index is 8.94. The molecule has 0 saturated heterocycles. The lowest BCUT2D eigenvalue weighted by Gasteiger charge is -2.10. The number of halogens is 1. The van der Waals surface area contributed by atoms with E-state index in [1.165, 1.54) is 0 Å². The van der Waals surface area contributed by atoms with Gasteiger partial charge in [-0.25, -0.2) is 4.98 Å². The van der Waals surface area contributed by atoms with Crippen molar-refractivity contribution in [3.05, 3.63) is 22.5 Å². The van der Waals surface area contributed by atoms with E-state index in [-0.39, 0.29) is 6.61 Å². The number of aliphatic hydroxyl groups excluding tert-OH is 1. The summed E-state index contributed by atoms with van der Waals surface area (Å²) >= 11 is 5.79. The molecule has 0 spiro atoms. The highest BCUT2D eigenvalue weighted by molar-refractivity contribution is 6.30. The first-order valence-electron chi connectivity index (χ1n) is 3.63. The lowest BCUT2D eigenvalue weighted by Crippen LogP contribution is -2.00. The quantitative estimate of drug-likeness (QED) is 0.690. The van der Waals surface area contributed by atoms with Gasteiger partial charge in [0.2, 0.25) is 0 Å². The van der Waals surface area contributed by atoms with Crippen LogP contribution in [0.3, 0.4) is 0 Å². The summed E-state index contributed by atoms with van der Waals surface area (Å²) < 4.78 is 0. The lowest BCUT2D eigenvalue weighted by molar-refractivity contribution is 0.282. The van der Waals surface area contributed by atoms with Crippen LogP contribution in [0, 0.1) is 6.92 Å². The molecule has 0 bridgehead atoms. The van der Waals surface area contributed by atoms with Crippen molar-refractivity contribution in [1.82, 2.24) is 4.98 Å². The van der Waals surface area contributed by atoms with Crippen molar-refractivity contribution in [1.29, 1.82) is 0 Å². The van der Waals surface area contributed by atoms with E-state index < -0.39 is 0 Å². The number of aromatic nitrogens is 1. The molecule has 2 N–H and O–H groups in total. The van der Waals surface area contributed by atoms with Gasteiger partial charge in [-0.15, -0.1) is 0 Å². The molecule has 1 rings (SSSR count). The van der Waals surface area contributed by atoms with Crippen LogP contribution in [0.4, 0.5) is 5.69 Å². The molecule has 0 saturated carbocycles. The molecule has 12 heavy (non-hydrogen) atoms. The fourth-order valence-electron chi connectivity index (χ4n) is 1.11. The average Bonchev–Trinajstić information content (AvgIpc) is 2.09. The monoisotopic (exact) mass is 186 g/mol.